The van der Waals surface area contributed by atoms with Gasteiger partial charge in [-0.05, 0) is 102 Å². The van der Waals surface area contributed by atoms with E-state index >= 15 is 0 Å². The molecule has 0 spiro atoms. The molecule has 1 aromatic heterocycles. The van der Waals surface area contributed by atoms with E-state index in [0.717, 1.165) is 63.0 Å². The van der Waals surface area contributed by atoms with E-state index in [1.165, 1.54) is 43.4 Å². The third-order valence-electron chi connectivity index (χ3n) is 12.8. The van der Waals surface area contributed by atoms with E-state index in [0.29, 0.717) is 55.0 Å². The van der Waals surface area contributed by atoms with E-state index < -0.39 is 47.6 Å². The molecule has 4 fully saturated rings. The Hall–Kier alpha value is -4.65. The number of aromatic nitrogens is 1. The second-order valence-corrected chi connectivity index (χ2v) is 17.1. The quantitative estimate of drug-likeness (QED) is 0.103. The van der Waals surface area contributed by atoms with Gasteiger partial charge in [0.2, 0.25) is 17.7 Å². The number of carbonyl (C=O) groups excluding carboxylic acids is 3. The highest BCUT2D eigenvalue weighted by Crippen LogP contribution is 2.42. The smallest absolute Gasteiger partial charge is 0.405 e. The highest BCUT2D eigenvalue weighted by molar-refractivity contribution is 5.96. The summed E-state index contributed by atoms with van der Waals surface area (Å²) in [6.07, 6.45) is 20.4. The minimum absolute atomic E-state index is 0.0225. The van der Waals surface area contributed by atoms with E-state index in [1.54, 1.807) is 6.92 Å². The Morgan fingerprint density at radius 1 is 1.05 bits per heavy atom. The van der Waals surface area contributed by atoms with Crippen LogP contribution in [-0.2, 0) is 19.1 Å². The molecule has 2 aromatic rings. The number of unbranched alkanes of at least 4 members (excludes halogenated alkanes) is 1. The summed E-state index contributed by atoms with van der Waals surface area (Å²) in [4.78, 5) is 63.4. The molecular weight excluding hydrogens is 751 g/mol. The summed E-state index contributed by atoms with van der Waals surface area (Å²) in [5.41, 5.74) is 0.160. The third-order valence-corrected chi connectivity index (χ3v) is 12.8. The van der Waals surface area contributed by atoms with Crippen LogP contribution in [0.2, 0.25) is 0 Å². The van der Waals surface area contributed by atoms with Crippen LogP contribution in [0.5, 0.6) is 11.6 Å². The van der Waals surface area contributed by atoms with Crippen molar-refractivity contribution in [2.75, 3.05) is 39.4 Å². The van der Waals surface area contributed by atoms with Crippen LogP contribution in [0.1, 0.15) is 115 Å². The third kappa shape index (κ3) is 10.6. The summed E-state index contributed by atoms with van der Waals surface area (Å²) in [7, 11) is 0. The molecule has 0 radical (unpaired) electrons. The molecule has 5 aliphatic rings. The first-order valence-corrected chi connectivity index (χ1v) is 22.3. The van der Waals surface area contributed by atoms with Gasteiger partial charge in [-0.15, -0.1) is 0 Å². The molecule has 3 amide bonds. The van der Waals surface area contributed by atoms with Gasteiger partial charge in [-0.1, -0.05) is 68.9 Å². The molecule has 13 heteroatoms. The summed E-state index contributed by atoms with van der Waals surface area (Å²) in [5, 5.41) is 16.2. The Balaban J connectivity index is 1.20. The lowest BCUT2D eigenvalue weighted by molar-refractivity contribution is -0.161. The number of hydrogen-bond acceptors (Lipinski definition) is 9. The lowest BCUT2D eigenvalue weighted by Gasteiger charge is -2.47. The molecule has 3 N–H and O–H groups in total. The Bertz CT molecular complexity index is 1860. The number of ether oxygens (including phenoxy) is 3. The van der Waals surface area contributed by atoms with Crippen molar-refractivity contribution in [2.24, 2.45) is 11.8 Å². The largest absolute Gasteiger partial charge is 0.491 e. The summed E-state index contributed by atoms with van der Waals surface area (Å²) < 4.78 is 19.0. The van der Waals surface area contributed by atoms with Crippen LogP contribution < -0.4 is 20.1 Å². The van der Waals surface area contributed by atoms with Crippen molar-refractivity contribution < 1.29 is 38.5 Å². The fraction of sp³-hybridized carbons (Fsp3) is 0.630. The maximum atomic E-state index is 14.5. The molecule has 4 heterocycles. The van der Waals surface area contributed by atoms with Gasteiger partial charge in [0.15, 0.2) is 0 Å². The zero-order chi connectivity index (χ0) is 41.2. The first kappa shape index (κ1) is 42.5. The molecule has 320 valence electrons. The molecule has 3 aliphatic heterocycles. The summed E-state index contributed by atoms with van der Waals surface area (Å²) in [6, 6.07) is 5.76. The van der Waals surface area contributed by atoms with Gasteiger partial charge >= 0.3 is 12.1 Å². The standard InChI is InChI=1S/C46H63N5O8/c1-2-57-44(54)46-25-24-33(46)17-9-4-3-5-11-21-38(48-45(55)56)43(53)51-31-34(30-39(51)41(52)49-46)59-42-36(19-10-6-8-16-32-22-23-32)40(35-18-12-13-20-37(35)47-42)58-29-28-50-26-14-7-15-27-50/h9-10,12-13,17-20,32-34,38-39,48H,2-8,11,14-16,21-31H2,1H3,(H,49,52)(H,55,56). The van der Waals surface area contributed by atoms with Crippen LogP contribution in [-0.4, -0.2) is 107 Å². The lowest BCUT2D eigenvalue weighted by atomic mass is 9.66. The highest BCUT2D eigenvalue weighted by atomic mass is 16.5. The number of piperidine rings is 1. The molecule has 0 bridgehead atoms. The molecule has 5 atom stereocenters. The van der Waals surface area contributed by atoms with Crippen molar-refractivity contribution >= 4 is 40.9 Å². The van der Waals surface area contributed by atoms with Crippen LogP contribution in [0, 0.1) is 11.8 Å². The summed E-state index contributed by atoms with van der Waals surface area (Å²) >= 11 is 0. The topological polar surface area (TPSA) is 160 Å². The van der Waals surface area contributed by atoms with E-state index in [1.807, 2.05) is 36.4 Å². The molecular formula is C46H63N5O8. The number of amides is 3. The predicted octanol–water partition coefficient (Wildman–Crippen LogP) is 7.03. The first-order valence-electron chi connectivity index (χ1n) is 22.3. The number of allylic oxidation sites excluding steroid dienone is 2. The minimum Gasteiger partial charge on any atom is -0.491 e. The number of esters is 1. The monoisotopic (exact) mass is 813 g/mol. The molecule has 2 aliphatic carbocycles. The zero-order valence-electron chi connectivity index (χ0n) is 34.7. The van der Waals surface area contributed by atoms with Crippen LogP contribution >= 0.6 is 0 Å². The molecule has 7 rings (SSSR count). The number of carboxylic acid groups (broad SMARTS) is 1. The summed E-state index contributed by atoms with van der Waals surface area (Å²) in [5.74, 6) is 0.154. The van der Waals surface area contributed by atoms with Crippen molar-refractivity contribution in [3.05, 3.63) is 48.1 Å². The Kier molecular flexibility index (Phi) is 14.4. The van der Waals surface area contributed by atoms with Gasteiger partial charge < -0.3 is 34.9 Å². The minimum atomic E-state index is -1.31. The Labute approximate surface area is 348 Å². The fourth-order valence-electron chi connectivity index (χ4n) is 9.23. The van der Waals surface area contributed by atoms with Crippen LogP contribution in [0.25, 0.3) is 17.0 Å². The Morgan fingerprint density at radius 2 is 1.86 bits per heavy atom. The molecule has 59 heavy (non-hydrogen) atoms. The zero-order valence-corrected chi connectivity index (χ0v) is 34.7. The van der Waals surface area contributed by atoms with Crippen molar-refractivity contribution in [3.63, 3.8) is 0 Å². The second kappa shape index (κ2) is 20.1. The lowest BCUT2D eigenvalue weighted by Crippen LogP contribution is -2.67. The predicted molar refractivity (Wildman–Crippen MR) is 225 cm³/mol. The molecule has 13 nitrogen and oxygen atoms in total. The van der Waals surface area contributed by atoms with E-state index in [4.69, 9.17) is 19.2 Å². The number of likely N-dealkylation sites (tertiary alicyclic amines) is 1. The van der Waals surface area contributed by atoms with Crippen molar-refractivity contribution in [2.45, 2.75) is 133 Å². The molecule has 2 saturated heterocycles. The highest BCUT2D eigenvalue weighted by Gasteiger charge is 2.56. The van der Waals surface area contributed by atoms with Gasteiger partial charge in [-0.25, -0.2) is 14.6 Å². The van der Waals surface area contributed by atoms with Gasteiger partial charge in [0.05, 0.1) is 24.2 Å². The Morgan fingerprint density at radius 3 is 2.63 bits per heavy atom. The maximum Gasteiger partial charge on any atom is 0.405 e. The number of nitrogens with zero attached hydrogens (tertiary/aromatic N) is 3. The van der Waals surface area contributed by atoms with E-state index in [9.17, 15) is 24.3 Å². The SMILES string of the molecule is CCOC(=O)C12CCC1C=CCCCCCC(NC(=O)O)C(=O)N1CC(Oc3nc4ccccc4c(OCCN4CCCCC4)c3C=CCCCC3CC3)CC1C(=O)N2. The fourth-order valence-corrected chi connectivity index (χ4v) is 9.23. The van der Waals surface area contributed by atoms with Crippen molar-refractivity contribution in [1.29, 1.82) is 0 Å². The first-order chi connectivity index (χ1) is 28.8. The van der Waals surface area contributed by atoms with Crippen molar-refractivity contribution in [3.8, 4) is 11.6 Å². The number of para-hydroxylation sites is 1. The van der Waals surface area contributed by atoms with E-state index in [-0.39, 0.29) is 25.5 Å². The van der Waals surface area contributed by atoms with Crippen LogP contribution in [0.3, 0.4) is 0 Å². The molecule has 5 unspecified atom stereocenters. The number of pyridine rings is 1. The number of hydrogen-bond donors (Lipinski definition) is 3. The maximum absolute atomic E-state index is 14.5. The van der Waals surface area contributed by atoms with Gasteiger partial charge in [0.25, 0.3) is 0 Å². The van der Waals surface area contributed by atoms with Gasteiger partial charge in [-0.2, -0.15) is 0 Å². The normalized spacial score (nSPS) is 26.9. The number of carbonyl (C=O) groups is 4. The number of benzene rings is 1. The summed E-state index contributed by atoms with van der Waals surface area (Å²) in [6.45, 7) is 5.37. The van der Waals surface area contributed by atoms with Gasteiger partial charge in [0, 0.05) is 24.3 Å². The van der Waals surface area contributed by atoms with Gasteiger partial charge in [0.1, 0.15) is 36.1 Å². The molecule has 2 saturated carbocycles. The number of nitrogens with one attached hydrogen (secondary N) is 2. The average molecular weight is 814 g/mol. The van der Waals surface area contributed by atoms with Crippen LogP contribution in [0.4, 0.5) is 4.79 Å². The van der Waals surface area contributed by atoms with Gasteiger partial charge in [-0.3, -0.25) is 14.5 Å². The second-order valence-electron chi connectivity index (χ2n) is 17.1. The average Bonchev–Trinajstić information content (AvgIpc) is 3.96. The van der Waals surface area contributed by atoms with E-state index in [2.05, 4.69) is 27.7 Å². The number of rotatable bonds is 14. The van der Waals surface area contributed by atoms with Crippen LogP contribution in [0.15, 0.2) is 42.5 Å². The number of fused-ring (bicyclic) bond motifs is 3. The molecule has 1 aromatic carbocycles. The van der Waals surface area contributed by atoms with Crippen molar-refractivity contribution in [1.82, 2.24) is 25.4 Å².